The summed E-state index contributed by atoms with van der Waals surface area (Å²) in [6, 6.07) is 3.74. The SMILES string of the molecule is CC(NC(=O)C(CCC(=O)O)NC(=O)C(CO)NC(=O)C(N)Cc1ccccc1)C(=O)O. The smallest absolute Gasteiger partial charge is 0.325 e. The number of carbonyl (C=O) groups is 5. The van der Waals surface area contributed by atoms with Gasteiger partial charge in [-0.25, -0.2) is 0 Å². The summed E-state index contributed by atoms with van der Waals surface area (Å²) < 4.78 is 0. The number of carbonyl (C=O) groups excluding carboxylic acids is 3. The standard InChI is InChI=1S/C20H28N4O8/c1-11(20(31)32)22-18(29)14(7-8-16(26)27)23-19(30)15(10-25)24-17(28)13(21)9-12-5-3-2-4-6-12/h2-6,11,13-15,25H,7-10,21H2,1H3,(H,22,29)(H,23,30)(H,24,28)(H,26,27)(H,31,32). The lowest BCUT2D eigenvalue weighted by molar-refractivity contribution is -0.142. The molecule has 0 aliphatic heterocycles. The van der Waals surface area contributed by atoms with Crippen LogP contribution in [-0.2, 0) is 30.4 Å². The number of aliphatic hydroxyl groups is 1. The van der Waals surface area contributed by atoms with E-state index in [4.69, 9.17) is 15.9 Å². The van der Waals surface area contributed by atoms with E-state index in [2.05, 4.69) is 16.0 Å². The summed E-state index contributed by atoms with van der Waals surface area (Å²) in [5.41, 5.74) is 6.65. The summed E-state index contributed by atoms with van der Waals surface area (Å²) >= 11 is 0. The minimum atomic E-state index is -1.46. The summed E-state index contributed by atoms with van der Waals surface area (Å²) in [7, 11) is 0. The van der Waals surface area contributed by atoms with Gasteiger partial charge in [0, 0.05) is 6.42 Å². The average molecular weight is 452 g/mol. The fraction of sp³-hybridized carbons (Fsp3) is 0.450. The number of hydrogen-bond acceptors (Lipinski definition) is 7. The number of amides is 3. The second-order valence-corrected chi connectivity index (χ2v) is 7.10. The van der Waals surface area contributed by atoms with Gasteiger partial charge in [0.1, 0.15) is 18.1 Å². The van der Waals surface area contributed by atoms with Crippen molar-refractivity contribution in [2.45, 2.75) is 50.4 Å². The molecule has 176 valence electrons. The van der Waals surface area contributed by atoms with Crippen molar-refractivity contribution in [3.8, 4) is 0 Å². The molecule has 1 rings (SSSR count). The van der Waals surface area contributed by atoms with Crippen LogP contribution in [-0.4, -0.2) is 75.8 Å². The third-order valence-corrected chi connectivity index (χ3v) is 4.46. The zero-order valence-corrected chi connectivity index (χ0v) is 17.5. The maximum absolute atomic E-state index is 12.5. The average Bonchev–Trinajstić information content (AvgIpc) is 2.74. The molecule has 0 aromatic heterocycles. The monoisotopic (exact) mass is 452 g/mol. The zero-order valence-electron chi connectivity index (χ0n) is 17.5. The van der Waals surface area contributed by atoms with E-state index in [9.17, 15) is 29.1 Å². The van der Waals surface area contributed by atoms with Gasteiger partial charge < -0.3 is 37.0 Å². The maximum atomic E-state index is 12.5. The normalized spacial score (nSPS) is 14.3. The van der Waals surface area contributed by atoms with Crippen molar-refractivity contribution in [2.24, 2.45) is 5.73 Å². The van der Waals surface area contributed by atoms with Crippen LogP contribution in [0.2, 0.25) is 0 Å². The number of aliphatic hydroxyl groups excluding tert-OH is 1. The van der Waals surface area contributed by atoms with E-state index in [0.717, 1.165) is 5.56 Å². The first-order valence-electron chi connectivity index (χ1n) is 9.81. The fourth-order valence-electron chi connectivity index (χ4n) is 2.62. The first-order chi connectivity index (χ1) is 15.0. The van der Waals surface area contributed by atoms with Gasteiger partial charge in [-0.1, -0.05) is 30.3 Å². The maximum Gasteiger partial charge on any atom is 0.325 e. The largest absolute Gasteiger partial charge is 0.481 e. The van der Waals surface area contributed by atoms with Gasteiger partial charge in [-0.2, -0.15) is 0 Å². The Kier molecular flexibility index (Phi) is 10.8. The van der Waals surface area contributed by atoms with Gasteiger partial charge in [-0.3, -0.25) is 24.0 Å². The minimum Gasteiger partial charge on any atom is -0.481 e. The number of rotatable bonds is 13. The Labute approximate surface area is 184 Å². The van der Waals surface area contributed by atoms with Crippen LogP contribution in [0.5, 0.6) is 0 Å². The summed E-state index contributed by atoms with van der Waals surface area (Å²) in [4.78, 5) is 58.9. The third-order valence-electron chi connectivity index (χ3n) is 4.46. The minimum absolute atomic E-state index is 0.184. The summed E-state index contributed by atoms with van der Waals surface area (Å²) in [5.74, 6) is -5.15. The van der Waals surface area contributed by atoms with Gasteiger partial charge in [0.25, 0.3) is 0 Å². The fourth-order valence-corrected chi connectivity index (χ4v) is 2.62. The molecular weight excluding hydrogens is 424 g/mol. The Morgan fingerprint density at radius 1 is 0.906 bits per heavy atom. The molecule has 3 amide bonds. The van der Waals surface area contributed by atoms with Crippen LogP contribution in [0.25, 0.3) is 0 Å². The molecule has 8 N–H and O–H groups in total. The van der Waals surface area contributed by atoms with Crippen molar-refractivity contribution in [3.63, 3.8) is 0 Å². The Bertz CT molecular complexity index is 817. The second kappa shape index (κ2) is 13.0. The van der Waals surface area contributed by atoms with Crippen molar-refractivity contribution in [1.29, 1.82) is 0 Å². The molecule has 12 nitrogen and oxygen atoms in total. The van der Waals surface area contributed by atoms with Gasteiger partial charge in [0.2, 0.25) is 17.7 Å². The number of nitrogens with one attached hydrogen (secondary N) is 3. The topological polar surface area (TPSA) is 208 Å². The summed E-state index contributed by atoms with van der Waals surface area (Å²) in [5, 5.41) is 33.9. The number of nitrogens with two attached hydrogens (primary N) is 1. The van der Waals surface area contributed by atoms with Crippen LogP contribution in [0.4, 0.5) is 0 Å². The predicted octanol–water partition coefficient (Wildman–Crippen LogP) is -2.03. The summed E-state index contributed by atoms with van der Waals surface area (Å²) in [6.45, 7) is 0.385. The molecule has 0 saturated heterocycles. The van der Waals surface area contributed by atoms with Gasteiger partial charge >= 0.3 is 11.9 Å². The Morgan fingerprint density at radius 2 is 1.47 bits per heavy atom. The molecule has 1 aromatic carbocycles. The highest BCUT2D eigenvalue weighted by Gasteiger charge is 2.29. The van der Waals surface area contributed by atoms with Crippen LogP contribution in [0.3, 0.4) is 0 Å². The van der Waals surface area contributed by atoms with E-state index in [-0.39, 0.29) is 12.8 Å². The molecule has 0 fully saturated rings. The third kappa shape index (κ3) is 9.10. The molecule has 0 radical (unpaired) electrons. The Morgan fingerprint density at radius 3 is 2.00 bits per heavy atom. The number of carboxylic acid groups (broad SMARTS) is 2. The second-order valence-electron chi connectivity index (χ2n) is 7.10. The zero-order chi connectivity index (χ0) is 24.3. The van der Waals surface area contributed by atoms with E-state index in [1.54, 1.807) is 30.3 Å². The van der Waals surface area contributed by atoms with E-state index in [1.165, 1.54) is 6.92 Å². The van der Waals surface area contributed by atoms with Crippen LogP contribution >= 0.6 is 0 Å². The van der Waals surface area contributed by atoms with Crippen LogP contribution < -0.4 is 21.7 Å². The molecule has 0 saturated carbocycles. The highest BCUT2D eigenvalue weighted by Crippen LogP contribution is 2.03. The van der Waals surface area contributed by atoms with Crippen molar-refractivity contribution in [3.05, 3.63) is 35.9 Å². The van der Waals surface area contributed by atoms with Gasteiger partial charge in [-0.05, 0) is 25.3 Å². The van der Waals surface area contributed by atoms with Crippen LogP contribution in [0.15, 0.2) is 30.3 Å². The molecule has 4 atom stereocenters. The van der Waals surface area contributed by atoms with E-state index < -0.39 is 66.9 Å². The highest BCUT2D eigenvalue weighted by molar-refractivity contribution is 5.94. The van der Waals surface area contributed by atoms with Gasteiger partial charge in [0.05, 0.1) is 12.6 Å². The molecule has 0 heterocycles. The van der Waals surface area contributed by atoms with Crippen molar-refractivity contribution >= 4 is 29.7 Å². The molecule has 0 aliphatic rings. The Hall–Kier alpha value is -3.51. The van der Waals surface area contributed by atoms with E-state index in [0.29, 0.717) is 0 Å². The molecule has 0 spiro atoms. The van der Waals surface area contributed by atoms with Crippen LogP contribution in [0, 0.1) is 0 Å². The molecular formula is C20H28N4O8. The lowest BCUT2D eigenvalue weighted by Gasteiger charge is -2.23. The predicted molar refractivity (Wildman–Crippen MR) is 111 cm³/mol. The first kappa shape index (κ1) is 26.5. The Balaban J connectivity index is 2.79. The van der Waals surface area contributed by atoms with E-state index >= 15 is 0 Å². The molecule has 32 heavy (non-hydrogen) atoms. The van der Waals surface area contributed by atoms with E-state index in [1.807, 2.05) is 0 Å². The first-order valence-corrected chi connectivity index (χ1v) is 9.81. The van der Waals surface area contributed by atoms with Gasteiger partial charge in [0.15, 0.2) is 0 Å². The van der Waals surface area contributed by atoms with Crippen molar-refractivity contribution in [1.82, 2.24) is 16.0 Å². The highest BCUT2D eigenvalue weighted by atomic mass is 16.4. The van der Waals surface area contributed by atoms with Crippen LogP contribution in [0.1, 0.15) is 25.3 Å². The summed E-state index contributed by atoms with van der Waals surface area (Å²) in [6.07, 6.45) is -0.639. The van der Waals surface area contributed by atoms with Crippen molar-refractivity contribution < 1.29 is 39.3 Å². The number of benzene rings is 1. The van der Waals surface area contributed by atoms with Crippen molar-refractivity contribution in [2.75, 3.05) is 6.61 Å². The number of hydrogen-bond donors (Lipinski definition) is 7. The molecule has 0 bridgehead atoms. The molecule has 4 unspecified atom stereocenters. The molecule has 1 aromatic rings. The molecule has 0 aliphatic carbocycles. The number of carboxylic acids is 2. The van der Waals surface area contributed by atoms with Gasteiger partial charge in [-0.15, -0.1) is 0 Å². The lowest BCUT2D eigenvalue weighted by Crippen LogP contribution is -2.58. The lowest BCUT2D eigenvalue weighted by atomic mass is 10.1. The number of aliphatic carboxylic acids is 2. The quantitative estimate of drug-likeness (QED) is 0.176. The molecule has 12 heteroatoms.